The maximum Gasteiger partial charge on any atom is 0.257 e. The average molecular weight is 481 g/mol. The molecule has 1 saturated heterocycles. The smallest absolute Gasteiger partial charge is 0.257 e. The molecule has 36 heavy (non-hydrogen) atoms. The summed E-state index contributed by atoms with van der Waals surface area (Å²) in [4.78, 5) is 28.1. The number of nitrogens with one attached hydrogen (secondary N) is 3. The Morgan fingerprint density at radius 1 is 1.00 bits per heavy atom. The van der Waals surface area contributed by atoms with Crippen molar-refractivity contribution in [1.29, 1.82) is 0 Å². The molecule has 2 heterocycles. The summed E-state index contributed by atoms with van der Waals surface area (Å²) in [5.74, 6) is -0.362. The van der Waals surface area contributed by atoms with Crippen LogP contribution in [0, 0.1) is 0 Å². The van der Waals surface area contributed by atoms with Gasteiger partial charge in [-0.15, -0.1) is 0 Å². The molecule has 5 rings (SSSR count). The lowest BCUT2D eigenvalue weighted by molar-refractivity contribution is -0.110. The average Bonchev–Trinajstić information content (AvgIpc) is 3.23. The summed E-state index contributed by atoms with van der Waals surface area (Å²) in [6, 6.07) is 23.4. The Balaban J connectivity index is 1.26. The molecule has 2 aliphatic heterocycles. The molecule has 3 aromatic rings. The number of anilines is 2. The van der Waals surface area contributed by atoms with Gasteiger partial charge in [-0.05, 0) is 74.3 Å². The van der Waals surface area contributed by atoms with Crippen molar-refractivity contribution in [3.05, 3.63) is 101 Å². The summed E-state index contributed by atoms with van der Waals surface area (Å²) >= 11 is 0. The van der Waals surface area contributed by atoms with Crippen molar-refractivity contribution in [2.24, 2.45) is 0 Å². The third-order valence-corrected chi connectivity index (χ3v) is 6.90. The number of benzene rings is 3. The van der Waals surface area contributed by atoms with E-state index >= 15 is 0 Å². The van der Waals surface area contributed by atoms with Gasteiger partial charge in [0.2, 0.25) is 0 Å². The van der Waals surface area contributed by atoms with Gasteiger partial charge in [0.1, 0.15) is 0 Å². The van der Waals surface area contributed by atoms with E-state index in [2.05, 4.69) is 33.0 Å². The molecule has 1 fully saturated rings. The third kappa shape index (κ3) is 5.50. The lowest BCUT2D eigenvalue weighted by Gasteiger charge is -2.26. The molecule has 0 spiro atoms. The number of carbonyl (C=O) groups excluding carboxylic acids is 2. The summed E-state index contributed by atoms with van der Waals surface area (Å²) in [6.07, 6.45) is 5.62. The highest BCUT2D eigenvalue weighted by Crippen LogP contribution is 2.32. The standard InChI is InChI=1S/C30H32N4O2/c1-21(23-8-4-2-5-9-23)32-29(35)24-12-15-28-26(18-24)27(30(36)33-28)19-31-25-13-10-22(11-14-25)20-34-16-6-3-7-17-34/h2,4-5,8-15,18-19,21,31H,3,6-7,16-17,20H2,1H3,(H,32,35)(H,33,36)/t21-/m0/s1. The molecule has 6 heteroatoms. The Labute approximate surface area is 212 Å². The minimum absolute atomic E-state index is 0.124. The van der Waals surface area contributed by atoms with E-state index in [-0.39, 0.29) is 17.9 Å². The summed E-state index contributed by atoms with van der Waals surface area (Å²) in [6.45, 7) is 5.28. The van der Waals surface area contributed by atoms with Crippen LogP contribution in [-0.4, -0.2) is 29.8 Å². The molecule has 6 nitrogen and oxygen atoms in total. The molecule has 0 saturated carbocycles. The minimum atomic E-state index is -0.186. The van der Waals surface area contributed by atoms with Crippen molar-refractivity contribution < 1.29 is 9.59 Å². The number of hydrogen-bond acceptors (Lipinski definition) is 4. The Bertz CT molecular complexity index is 1260. The molecule has 1 atom stereocenters. The molecule has 184 valence electrons. The van der Waals surface area contributed by atoms with Crippen LogP contribution < -0.4 is 16.0 Å². The lowest BCUT2D eigenvalue weighted by atomic mass is 10.0. The van der Waals surface area contributed by atoms with Crippen molar-refractivity contribution in [2.75, 3.05) is 23.7 Å². The van der Waals surface area contributed by atoms with E-state index in [0.717, 1.165) is 17.8 Å². The number of carbonyl (C=O) groups is 2. The fourth-order valence-corrected chi connectivity index (χ4v) is 4.82. The van der Waals surface area contributed by atoms with E-state index in [1.807, 2.05) is 49.4 Å². The van der Waals surface area contributed by atoms with E-state index in [1.54, 1.807) is 24.4 Å². The second kappa shape index (κ2) is 10.8. The van der Waals surface area contributed by atoms with E-state index in [4.69, 9.17) is 0 Å². The van der Waals surface area contributed by atoms with Crippen LogP contribution in [0.1, 0.15) is 59.3 Å². The molecule has 0 bridgehead atoms. The van der Waals surface area contributed by atoms with Gasteiger partial charge in [-0.2, -0.15) is 0 Å². The van der Waals surface area contributed by atoms with Gasteiger partial charge >= 0.3 is 0 Å². The van der Waals surface area contributed by atoms with Crippen molar-refractivity contribution in [1.82, 2.24) is 10.2 Å². The van der Waals surface area contributed by atoms with Crippen LogP contribution in [0.5, 0.6) is 0 Å². The Morgan fingerprint density at radius 3 is 2.50 bits per heavy atom. The van der Waals surface area contributed by atoms with Gasteiger partial charge < -0.3 is 16.0 Å². The highest BCUT2D eigenvalue weighted by Gasteiger charge is 2.25. The SMILES string of the molecule is C[C@H](NC(=O)c1ccc2c(c1)C(=CNc1ccc(CN3CCCCC3)cc1)C(=O)N2)c1ccccc1. The molecule has 0 aromatic heterocycles. The molecule has 2 aliphatic rings. The van der Waals surface area contributed by atoms with Crippen molar-refractivity contribution in [2.45, 2.75) is 38.8 Å². The molecule has 2 amide bonds. The van der Waals surface area contributed by atoms with Crippen LogP contribution >= 0.6 is 0 Å². The Morgan fingerprint density at radius 2 is 1.75 bits per heavy atom. The Hall–Kier alpha value is -3.90. The number of rotatable bonds is 7. The number of amides is 2. The molecule has 0 radical (unpaired) electrons. The van der Waals surface area contributed by atoms with Crippen molar-refractivity contribution >= 4 is 28.8 Å². The van der Waals surface area contributed by atoms with Crippen LogP contribution in [0.3, 0.4) is 0 Å². The maximum atomic E-state index is 12.9. The maximum absolute atomic E-state index is 12.9. The first-order valence-electron chi connectivity index (χ1n) is 12.7. The summed E-state index contributed by atoms with van der Waals surface area (Å²) in [7, 11) is 0. The second-order valence-electron chi connectivity index (χ2n) is 9.56. The second-order valence-corrected chi connectivity index (χ2v) is 9.56. The first-order chi connectivity index (χ1) is 17.6. The van der Waals surface area contributed by atoms with Gasteiger partial charge in [-0.1, -0.05) is 48.9 Å². The lowest BCUT2D eigenvalue weighted by Crippen LogP contribution is -2.29. The predicted molar refractivity (Wildman–Crippen MR) is 145 cm³/mol. The first kappa shape index (κ1) is 23.8. The van der Waals surface area contributed by atoms with Gasteiger partial charge in [-0.3, -0.25) is 14.5 Å². The van der Waals surface area contributed by atoms with E-state index in [0.29, 0.717) is 22.4 Å². The third-order valence-electron chi connectivity index (χ3n) is 6.90. The zero-order valence-corrected chi connectivity index (χ0v) is 20.6. The normalized spacial score (nSPS) is 17.4. The fraction of sp³-hybridized carbons (Fsp3) is 0.267. The number of nitrogens with zero attached hydrogens (tertiary/aromatic N) is 1. The van der Waals surface area contributed by atoms with E-state index < -0.39 is 0 Å². The van der Waals surface area contributed by atoms with Crippen LogP contribution in [-0.2, 0) is 11.3 Å². The van der Waals surface area contributed by atoms with Gasteiger partial charge in [0.05, 0.1) is 11.6 Å². The largest absolute Gasteiger partial charge is 0.361 e. The number of fused-ring (bicyclic) bond motifs is 1. The zero-order chi connectivity index (χ0) is 24.9. The Kier molecular flexibility index (Phi) is 7.14. The highest BCUT2D eigenvalue weighted by molar-refractivity contribution is 6.32. The molecule has 3 aromatic carbocycles. The molecule has 0 unspecified atom stereocenters. The zero-order valence-electron chi connectivity index (χ0n) is 20.6. The van der Waals surface area contributed by atoms with Crippen LogP contribution in [0.15, 0.2) is 79.0 Å². The highest BCUT2D eigenvalue weighted by atomic mass is 16.2. The molecular formula is C30H32N4O2. The van der Waals surface area contributed by atoms with Gasteiger partial charge in [0, 0.05) is 35.2 Å². The summed E-state index contributed by atoms with van der Waals surface area (Å²) in [5.41, 5.74) is 5.69. The van der Waals surface area contributed by atoms with Gasteiger partial charge in [-0.25, -0.2) is 0 Å². The van der Waals surface area contributed by atoms with Gasteiger partial charge in [0.15, 0.2) is 0 Å². The number of likely N-dealkylation sites (tertiary alicyclic amines) is 1. The predicted octanol–water partition coefficient (Wildman–Crippen LogP) is 5.57. The quantitative estimate of drug-likeness (QED) is 0.387. The minimum Gasteiger partial charge on any atom is -0.361 e. The van der Waals surface area contributed by atoms with Crippen LogP contribution in [0.2, 0.25) is 0 Å². The van der Waals surface area contributed by atoms with E-state index in [9.17, 15) is 9.59 Å². The van der Waals surface area contributed by atoms with Gasteiger partial charge in [0.25, 0.3) is 11.8 Å². The van der Waals surface area contributed by atoms with Crippen LogP contribution in [0.25, 0.3) is 5.57 Å². The molecule has 0 aliphatic carbocycles. The summed E-state index contributed by atoms with van der Waals surface area (Å²) < 4.78 is 0. The fourth-order valence-electron chi connectivity index (χ4n) is 4.82. The molecule has 3 N–H and O–H groups in total. The number of piperidine rings is 1. The number of hydrogen-bond donors (Lipinski definition) is 3. The van der Waals surface area contributed by atoms with E-state index in [1.165, 1.54) is 37.9 Å². The van der Waals surface area contributed by atoms with Crippen LogP contribution in [0.4, 0.5) is 11.4 Å². The monoisotopic (exact) mass is 480 g/mol. The first-order valence-corrected chi connectivity index (χ1v) is 12.7. The van der Waals surface area contributed by atoms with Crippen molar-refractivity contribution in [3.63, 3.8) is 0 Å². The topological polar surface area (TPSA) is 73.5 Å². The summed E-state index contributed by atoms with van der Waals surface area (Å²) in [5, 5.41) is 9.18. The molecular weight excluding hydrogens is 448 g/mol. The van der Waals surface area contributed by atoms with Crippen molar-refractivity contribution in [3.8, 4) is 0 Å².